The number of hydrogen-bond acceptors (Lipinski definition) is 6. The molecule has 3 aromatic rings. The fraction of sp³-hybridized carbons (Fsp3) is 0.263. The highest BCUT2D eigenvalue weighted by molar-refractivity contribution is 7.15. The predicted molar refractivity (Wildman–Crippen MR) is 104 cm³/mol. The van der Waals surface area contributed by atoms with Gasteiger partial charge in [0.15, 0.2) is 0 Å². The van der Waals surface area contributed by atoms with Crippen LogP contribution in [-0.4, -0.2) is 26.3 Å². The van der Waals surface area contributed by atoms with Crippen molar-refractivity contribution in [3.8, 4) is 11.4 Å². The molecule has 0 aliphatic carbocycles. The minimum atomic E-state index is -4.43. The molecule has 0 amide bonds. The second-order valence-corrected chi connectivity index (χ2v) is 8.02. The smallest absolute Gasteiger partial charge is 0.306 e. The standard InChI is InChI=1S/C19H15F3N4O3S/c20-19(21,22)12-3-1-11(2-4-12)17-23-15-7-8-25(10-14(15)18(27)24-17)9-13-5-6-16(30-13)26(28)29/h1-6H,7-10H2,(H,23,24,27). The minimum Gasteiger partial charge on any atom is -0.306 e. The Hall–Kier alpha value is -3.05. The molecule has 1 aromatic carbocycles. The zero-order chi connectivity index (χ0) is 21.5. The molecule has 0 radical (unpaired) electrons. The van der Waals surface area contributed by atoms with Gasteiger partial charge in [-0.1, -0.05) is 23.5 Å². The average Bonchev–Trinajstić information content (AvgIpc) is 3.16. The van der Waals surface area contributed by atoms with E-state index >= 15 is 0 Å². The van der Waals surface area contributed by atoms with Gasteiger partial charge >= 0.3 is 11.2 Å². The predicted octanol–water partition coefficient (Wildman–Crippen LogP) is 3.98. The van der Waals surface area contributed by atoms with Gasteiger partial charge in [0.25, 0.3) is 5.56 Å². The van der Waals surface area contributed by atoms with Crippen LogP contribution in [0.4, 0.5) is 18.2 Å². The van der Waals surface area contributed by atoms with Gasteiger partial charge in [-0.05, 0) is 18.2 Å². The summed E-state index contributed by atoms with van der Waals surface area (Å²) in [6, 6.07) is 7.64. The van der Waals surface area contributed by atoms with Crippen molar-refractivity contribution in [2.45, 2.75) is 25.7 Å². The summed E-state index contributed by atoms with van der Waals surface area (Å²) in [5, 5.41) is 10.9. The topological polar surface area (TPSA) is 92.1 Å². The number of aromatic nitrogens is 2. The first-order valence-corrected chi connectivity index (χ1v) is 9.77. The van der Waals surface area contributed by atoms with Crippen molar-refractivity contribution in [1.82, 2.24) is 14.9 Å². The number of nitrogens with zero attached hydrogens (tertiary/aromatic N) is 3. The highest BCUT2D eigenvalue weighted by Gasteiger charge is 2.30. The second kappa shape index (κ2) is 7.65. The molecular formula is C19H15F3N4O3S. The van der Waals surface area contributed by atoms with Crippen molar-refractivity contribution in [2.75, 3.05) is 6.54 Å². The number of rotatable bonds is 4. The summed E-state index contributed by atoms with van der Waals surface area (Å²) in [6.45, 7) is 1.44. The van der Waals surface area contributed by atoms with Crippen molar-refractivity contribution in [1.29, 1.82) is 0 Å². The highest BCUT2D eigenvalue weighted by atomic mass is 32.1. The molecule has 1 aliphatic heterocycles. The van der Waals surface area contributed by atoms with Crippen LogP contribution in [0.5, 0.6) is 0 Å². The van der Waals surface area contributed by atoms with E-state index in [1.807, 2.05) is 4.90 Å². The Morgan fingerprint density at radius 2 is 1.93 bits per heavy atom. The lowest BCUT2D eigenvalue weighted by Gasteiger charge is -2.27. The Morgan fingerprint density at radius 1 is 1.20 bits per heavy atom. The van der Waals surface area contributed by atoms with E-state index in [1.165, 1.54) is 18.2 Å². The van der Waals surface area contributed by atoms with Crippen LogP contribution in [0.25, 0.3) is 11.4 Å². The molecule has 0 unspecified atom stereocenters. The molecule has 3 heterocycles. The van der Waals surface area contributed by atoms with Crippen molar-refractivity contribution < 1.29 is 18.1 Å². The normalized spacial score (nSPS) is 14.5. The summed E-state index contributed by atoms with van der Waals surface area (Å²) in [6.07, 6.45) is -3.93. The number of H-pyrrole nitrogens is 1. The van der Waals surface area contributed by atoms with E-state index in [-0.39, 0.29) is 16.4 Å². The van der Waals surface area contributed by atoms with Gasteiger partial charge in [-0.25, -0.2) is 4.98 Å². The number of aromatic amines is 1. The van der Waals surface area contributed by atoms with Crippen LogP contribution in [-0.2, 0) is 25.7 Å². The molecule has 30 heavy (non-hydrogen) atoms. The van der Waals surface area contributed by atoms with E-state index in [9.17, 15) is 28.1 Å². The van der Waals surface area contributed by atoms with E-state index in [0.717, 1.165) is 28.3 Å². The Labute approximate surface area is 172 Å². The Bertz CT molecular complexity index is 1160. The quantitative estimate of drug-likeness (QED) is 0.493. The van der Waals surface area contributed by atoms with Crippen molar-refractivity contribution in [2.24, 2.45) is 0 Å². The maximum atomic E-state index is 12.7. The molecule has 0 saturated carbocycles. The summed E-state index contributed by atoms with van der Waals surface area (Å²) in [5.41, 5.74) is 0.411. The fourth-order valence-corrected chi connectivity index (χ4v) is 4.20. The maximum absolute atomic E-state index is 12.7. The Kier molecular flexibility index (Phi) is 5.16. The van der Waals surface area contributed by atoms with Crippen LogP contribution in [0.3, 0.4) is 0 Å². The molecule has 4 rings (SSSR count). The molecule has 0 spiro atoms. The number of benzene rings is 1. The SMILES string of the molecule is O=c1[nH]c(-c2ccc(C(F)(F)F)cc2)nc2c1CN(Cc1ccc([N+](=O)[O-])s1)CC2. The van der Waals surface area contributed by atoms with E-state index in [1.54, 1.807) is 6.07 Å². The number of alkyl halides is 3. The van der Waals surface area contributed by atoms with E-state index in [0.29, 0.717) is 42.9 Å². The number of thiophene rings is 1. The molecule has 0 bridgehead atoms. The largest absolute Gasteiger partial charge is 0.416 e. The van der Waals surface area contributed by atoms with Gasteiger partial charge in [0.05, 0.1) is 21.7 Å². The Balaban J connectivity index is 1.53. The van der Waals surface area contributed by atoms with Gasteiger partial charge in [-0.2, -0.15) is 13.2 Å². The minimum absolute atomic E-state index is 0.0723. The van der Waals surface area contributed by atoms with Crippen LogP contribution in [0.15, 0.2) is 41.2 Å². The molecule has 2 aromatic heterocycles. The third-order valence-electron chi connectivity index (χ3n) is 4.84. The third kappa shape index (κ3) is 4.12. The average molecular weight is 436 g/mol. The monoisotopic (exact) mass is 436 g/mol. The lowest BCUT2D eigenvalue weighted by Crippen LogP contribution is -2.35. The number of nitro groups is 1. The van der Waals surface area contributed by atoms with Gasteiger partial charge in [-0.3, -0.25) is 19.8 Å². The lowest BCUT2D eigenvalue weighted by atomic mass is 10.1. The summed E-state index contributed by atoms with van der Waals surface area (Å²) >= 11 is 1.10. The lowest BCUT2D eigenvalue weighted by molar-refractivity contribution is -0.380. The van der Waals surface area contributed by atoms with Gasteiger partial charge in [0, 0.05) is 42.6 Å². The van der Waals surface area contributed by atoms with Crippen LogP contribution in [0.1, 0.15) is 21.7 Å². The van der Waals surface area contributed by atoms with Gasteiger partial charge in [0.2, 0.25) is 0 Å². The fourth-order valence-electron chi connectivity index (χ4n) is 3.34. The maximum Gasteiger partial charge on any atom is 0.416 e. The highest BCUT2D eigenvalue weighted by Crippen LogP contribution is 2.31. The molecule has 0 atom stereocenters. The molecule has 156 valence electrons. The van der Waals surface area contributed by atoms with Gasteiger partial charge < -0.3 is 4.98 Å². The zero-order valence-electron chi connectivity index (χ0n) is 15.4. The first-order chi connectivity index (χ1) is 14.2. The van der Waals surface area contributed by atoms with Crippen LogP contribution in [0.2, 0.25) is 0 Å². The van der Waals surface area contributed by atoms with Crippen LogP contribution < -0.4 is 5.56 Å². The van der Waals surface area contributed by atoms with Crippen molar-refractivity contribution in [3.63, 3.8) is 0 Å². The summed E-state index contributed by atoms with van der Waals surface area (Å²) in [7, 11) is 0. The second-order valence-electron chi connectivity index (χ2n) is 6.87. The number of halogens is 3. The summed E-state index contributed by atoms with van der Waals surface area (Å²) in [5.74, 6) is 0.231. The van der Waals surface area contributed by atoms with E-state index < -0.39 is 16.7 Å². The molecule has 7 nitrogen and oxygen atoms in total. The number of hydrogen-bond donors (Lipinski definition) is 1. The van der Waals surface area contributed by atoms with E-state index in [4.69, 9.17) is 0 Å². The van der Waals surface area contributed by atoms with Crippen molar-refractivity contribution in [3.05, 3.63) is 78.6 Å². The molecule has 1 aliphatic rings. The number of nitrogens with one attached hydrogen (secondary N) is 1. The summed E-state index contributed by atoms with van der Waals surface area (Å²) in [4.78, 5) is 32.9. The molecular weight excluding hydrogens is 421 g/mol. The third-order valence-corrected chi connectivity index (χ3v) is 5.86. The van der Waals surface area contributed by atoms with E-state index in [2.05, 4.69) is 9.97 Å². The van der Waals surface area contributed by atoms with Crippen LogP contribution >= 0.6 is 11.3 Å². The molecule has 0 fully saturated rings. The van der Waals surface area contributed by atoms with Crippen LogP contribution in [0, 0.1) is 10.1 Å². The van der Waals surface area contributed by atoms with Gasteiger partial charge in [-0.15, -0.1) is 0 Å². The Morgan fingerprint density at radius 3 is 2.57 bits per heavy atom. The van der Waals surface area contributed by atoms with Crippen molar-refractivity contribution >= 4 is 16.3 Å². The number of fused-ring (bicyclic) bond motifs is 1. The first-order valence-electron chi connectivity index (χ1n) is 8.96. The molecule has 1 N–H and O–H groups in total. The molecule has 11 heteroatoms. The first kappa shape index (κ1) is 20.2. The zero-order valence-corrected chi connectivity index (χ0v) is 16.2. The van der Waals surface area contributed by atoms with Gasteiger partial charge in [0.1, 0.15) is 5.82 Å². The molecule has 0 saturated heterocycles. The summed E-state index contributed by atoms with van der Waals surface area (Å²) < 4.78 is 38.2.